The first-order valence-electron chi connectivity index (χ1n) is 7.56. The molecule has 2 aromatic rings. The number of carbonyl (C=O) groups excluding carboxylic acids is 1. The van der Waals surface area contributed by atoms with Crippen LogP contribution in [0.1, 0.15) is 27.2 Å². The highest BCUT2D eigenvalue weighted by atomic mass is 35.5. The molecule has 0 saturated carbocycles. The van der Waals surface area contributed by atoms with Gasteiger partial charge in [0.2, 0.25) is 10.0 Å². The van der Waals surface area contributed by atoms with Crippen molar-refractivity contribution in [3.05, 3.63) is 63.9 Å². The second-order valence-corrected chi connectivity index (χ2v) is 7.84. The highest BCUT2D eigenvalue weighted by Gasteiger charge is 2.12. The molecule has 0 aliphatic rings. The lowest BCUT2D eigenvalue weighted by Crippen LogP contribution is -2.27. The fourth-order valence-electron chi connectivity index (χ4n) is 2.07. The number of rotatable bonds is 7. The van der Waals surface area contributed by atoms with E-state index in [0.29, 0.717) is 22.7 Å². The molecule has 0 fully saturated rings. The molecule has 8 heteroatoms. The summed E-state index contributed by atoms with van der Waals surface area (Å²) in [5.41, 5.74) is 2.63. The molecule has 0 spiro atoms. The van der Waals surface area contributed by atoms with Gasteiger partial charge in [-0.25, -0.2) is 17.9 Å². The summed E-state index contributed by atoms with van der Waals surface area (Å²) < 4.78 is 31.3. The number of hydrogen-bond acceptors (Lipinski definition) is 5. The highest BCUT2D eigenvalue weighted by Crippen LogP contribution is 2.17. The largest absolute Gasteiger partial charge is 0.465 e. The predicted molar refractivity (Wildman–Crippen MR) is 96.1 cm³/mol. The van der Waals surface area contributed by atoms with E-state index in [-0.39, 0.29) is 12.3 Å². The molecule has 0 saturated heterocycles. The Hall–Kier alpha value is -1.96. The summed E-state index contributed by atoms with van der Waals surface area (Å²) in [7, 11) is -2.17. The van der Waals surface area contributed by atoms with Gasteiger partial charge in [-0.05, 0) is 42.7 Å². The van der Waals surface area contributed by atoms with Crippen molar-refractivity contribution < 1.29 is 17.9 Å². The minimum absolute atomic E-state index is 0.0490. The third-order valence-electron chi connectivity index (χ3n) is 3.61. The van der Waals surface area contributed by atoms with Gasteiger partial charge in [-0.15, -0.1) is 0 Å². The number of aromatic nitrogens is 1. The van der Waals surface area contributed by atoms with Gasteiger partial charge in [-0.2, -0.15) is 0 Å². The van der Waals surface area contributed by atoms with Crippen LogP contribution in [0.2, 0.25) is 5.02 Å². The number of esters is 1. The van der Waals surface area contributed by atoms with Crippen molar-refractivity contribution in [3.8, 4) is 0 Å². The van der Waals surface area contributed by atoms with E-state index >= 15 is 0 Å². The standard InChI is InChI=1S/C17H19ClN2O4S/c1-12-3-4-13(9-16(12)18)7-8-25(22,23)20-11-15-6-5-14(10-19-15)17(21)24-2/h3-6,9-10,20H,7-8,11H2,1-2H3. The molecular weight excluding hydrogens is 364 g/mol. The molecule has 134 valence electrons. The van der Waals surface area contributed by atoms with E-state index in [2.05, 4.69) is 14.4 Å². The average molecular weight is 383 g/mol. The maximum atomic E-state index is 12.1. The zero-order chi connectivity index (χ0) is 18.4. The van der Waals surface area contributed by atoms with Crippen LogP contribution >= 0.6 is 11.6 Å². The lowest BCUT2D eigenvalue weighted by Gasteiger charge is -2.08. The molecule has 2 rings (SSSR count). The molecule has 0 radical (unpaired) electrons. The van der Waals surface area contributed by atoms with Crippen LogP contribution in [-0.4, -0.2) is 32.2 Å². The molecule has 0 aliphatic carbocycles. The first kappa shape index (κ1) is 19.4. The van der Waals surface area contributed by atoms with E-state index in [1.807, 2.05) is 19.1 Å². The van der Waals surface area contributed by atoms with Crippen molar-refractivity contribution in [3.63, 3.8) is 0 Å². The van der Waals surface area contributed by atoms with Crippen molar-refractivity contribution in [2.24, 2.45) is 0 Å². The van der Waals surface area contributed by atoms with Gasteiger partial charge in [0, 0.05) is 11.2 Å². The Bertz CT molecular complexity index is 851. The minimum atomic E-state index is -3.46. The van der Waals surface area contributed by atoms with Gasteiger partial charge in [0.05, 0.1) is 30.7 Å². The lowest BCUT2D eigenvalue weighted by atomic mass is 10.1. The van der Waals surface area contributed by atoms with Crippen molar-refractivity contribution in [2.45, 2.75) is 19.9 Å². The molecule has 6 nitrogen and oxygen atoms in total. The number of methoxy groups -OCH3 is 1. The van der Waals surface area contributed by atoms with Crippen molar-refractivity contribution in [2.75, 3.05) is 12.9 Å². The number of pyridine rings is 1. The van der Waals surface area contributed by atoms with E-state index in [9.17, 15) is 13.2 Å². The molecule has 25 heavy (non-hydrogen) atoms. The van der Waals surface area contributed by atoms with Gasteiger partial charge in [0.25, 0.3) is 0 Å². The monoisotopic (exact) mass is 382 g/mol. The molecule has 1 heterocycles. The minimum Gasteiger partial charge on any atom is -0.465 e. The molecule has 0 unspecified atom stereocenters. The third-order valence-corrected chi connectivity index (χ3v) is 5.35. The number of carbonyl (C=O) groups is 1. The molecule has 0 aliphatic heterocycles. The first-order valence-corrected chi connectivity index (χ1v) is 9.59. The summed E-state index contributed by atoms with van der Waals surface area (Å²) in [6.45, 7) is 1.95. The molecule has 1 N–H and O–H groups in total. The van der Waals surface area contributed by atoms with Crippen LogP contribution < -0.4 is 4.72 Å². The lowest BCUT2D eigenvalue weighted by molar-refractivity contribution is 0.0600. The van der Waals surface area contributed by atoms with Crippen molar-refractivity contribution in [1.29, 1.82) is 0 Å². The maximum absolute atomic E-state index is 12.1. The number of benzene rings is 1. The second-order valence-electron chi connectivity index (χ2n) is 5.50. The molecule has 1 aromatic heterocycles. The number of aryl methyl sites for hydroxylation is 2. The Labute approximate surface area is 152 Å². The van der Waals surface area contributed by atoms with Gasteiger partial charge in [0.1, 0.15) is 0 Å². The SMILES string of the molecule is COC(=O)c1ccc(CNS(=O)(=O)CCc2ccc(C)c(Cl)c2)nc1. The molecule has 0 bridgehead atoms. The van der Waals surface area contributed by atoms with Crippen molar-refractivity contribution >= 4 is 27.6 Å². The third kappa shape index (κ3) is 5.81. The van der Waals surface area contributed by atoms with Crippen molar-refractivity contribution in [1.82, 2.24) is 9.71 Å². The fraction of sp³-hybridized carbons (Fsp3) is 0.294. The van der Waals surface area contributed by atoms with Crippen LogP contribution in [0.5, 0.6) is 0 Å². The number of sulfonamides is 1. The molecule has 1 aromatic carbocycles. The van der Waals surface area contributed by atoms with E-state index in [1.165, 1.54) is 19.4 Å². The summed E-state index contributed by atoms with van der Waals surface area (Å²) in [6, 6.07) is 8.62. The number of nitrogens with zero attached hydrogens (tertiary/aromatic N) is 1. The molecule has 0 amide bonds. The molecule has 0 atom stereocenters. The van der Waals surface area contributed by atoms with Gasteiger partial charge in [-0.3, -0.25) is 4.98 Å². The van der Waals surface area contributed by atoms with Gasteiger partial charge >= 0.3 is 5.97 Å². The second kappa shape index (κ2) is 8.42. The van der Waals surface area contributed by atoms with Crippen LogP contribution in [0, 0.1) is 6.92 Å². The highest BCUT2D eigenvalue weighted by molar-refractivity contribution is 7.89. The summed E-state index contributed by atoms with van der Waals surface area (Å²) in [6.07, 6.45) is 1.72. The Morgan fingerprint density at radius 3 is 2.64 bits per heavy atom. The Morgan fingerprint density at radius 1 is 1.28 bits per heavy atom. The van der Waals surface area contributed by atoms with Gasteiger partial charge < -0.3 is 4.74 Å². The predicted octanol–water partition coefficient (Wildman–Crippen LogP) is 2.49. The summed E-state index contributed by atoms with van der Waals surface area (Å²) in [5.74, 6) is -0.538. The topological polar surface area (TPSA) is 85.4 Å². The maximum Gasteiger partial charge on any atom is 0.339 e. The number of nitrogens with one attached hydrogen (secondary N) is 1. The molecular formula is C17H19ClN2O4S. The quantitative estimate of drug-likeness (QED) is 0.743. The average Bonchev–Trinajstić information content (AvgIpc) is 2.61. The van der Waals surface area contributed by atoms with Crippen LogP contribution in [0.4, 0.5) is 0 Å². The Morgan fingerprint density at radius 2 is 2.04 bits per heavy atom. The number of ether oxygens (including phenoxy) is 1. The normalized spacial score (nSPS) is 11.3. The van der Waals surface area contributed by atoms with E-state index in [1.54, 1.807) is 12.1 Å². The fourth-order valence-corrected chi connectivity index (χ4v) is 3.29. The van der Waals surface area contributed by atoms with Crippen LogP contribution in [0.25, 0.3) is 0 Å². The summed E-state index contributed by atoms with van der Waals surface area (Å²) >= 11 is 6.04. The van der Waals surface area contributed by atoms with E-state index < -0.39 is 16.0 Å². The van der Waals surface area contributed by atoms with Gasteiger partial charge in [0.15, 0.2) is 0 Å². The zero-order valence-corrected chi connectivity index (χ0v) is 15.5. The van der Waals surface area contributed by atoms with Gasteiger partial charge in [-0.1, -0.05) is 23.7 Å². The smallest absolute Gasteiger partial charge is 0.339 e. The van der Waals surface area contributed by atoms with Crippen LogP contribution in [0.3, 0.4) is 0 Å². The van der Waals surface area contributed by atoms with Crippen LogP contribution in [-0.2, 0) is 27.7 Å². The van der Waals surface area contributed by atoms with E-state index in [0.717, 1.165) is 11.1 Å². The Balaban J connectivity index is 1.90. The first-order chi connectivity index (χ1) is 11.8. The number of hydrogen-bond donors (Lipinski definition) is 1. The summed E-state index contributed by atoms with van der Waals surface area (Å²) in [5, 5.41) is 0.623. The van der Waals surface area contributed by atoms with Crippen LogP contribution in [0.15, 0.2) is 36.5 Å². The summed E-state index contributed by atoms with van der Waals surface area (Å²) in [4.78, 5) is 15.4. The van der Waals surface area contributed by atoms with E-state index in [4.69, 9.17) is 11.6 Å². The number of halogens is 1. The zero-order valence-electron chi connectivity index (χ0n) is 14.0. The Kier molecular flexibility index (Phi) is 6.52.